The van der Waals surface area contributed by atoms with E-state index >= 15 is 0 Å². The van der Waals surface area contributed by atoms with Crippen LogP contribution in [0.1, 0.15) is 10.4 Å². The molecule has 0 radical (unpaired) electrons. The first kappa shape index (κ1) is 15.2. The van der Waals surface area contributed by atoms with E-state index in [-0.39, 0.29) is 5.91 Å². The van der Waals surface area contributed by atoms with Crippen molar-refractivity contribution in [1.29, 1.82) is 0 Å². The zero-order valence-corrected chi connectivity index (χ0v) is 12.0. The summed E-state index contributed by atoms with van der Waals surface area (Å²) in [5.41, 5.74) is 1.33. The van der Waals surface area contributed by atoms with Crippen LogP contribution in [0.2, 0.25) is 0 Å². The fourth-order valence-electron chi connectivity index (χ4n) is 1.85. The lowest BCUT2D eigenvalue weighted by molar-refractivity contribution is 0.0692. The van der Waals surface area contributed by atoms with E-state index in [4.69, 9.17) is 9.47 Å². The monoisotopic (exact) mass is 289 g/mol. The van der Waals surface area contributed by atoms with Crippen molar-refractivity contribution in [2.75, 3.05) is 33.5 Å². The minimum Gasteiger partial charge on any atom is -0.382 e. The second-order valence-corrected chi connectivity index (χ2v) is 4.33. The zero-order chi connectivity index (χ0) is 14.9. The molecule has 0 aliphatic rings. The number of amides is 1. The van der Waals surface area contributed by atoms with Gasteiger partial charge in [-0.1, -0.05) is 12.1 Å². The number of nitrogens with zero attached hydrogens (tertiary/aromatic N) is 2. The Bertz CT molecular complexity index is 555. The highest BCUT2D eigenvalue weighted by Gasteiger charge is 2.11. The van der Waals surface area contributed by atoms with Gasteiger partial charge in [0, 0.05) is 26.0 Å². The molecule has 0 atom stereocenters. The summed E-state index contributed by atoms with van der Waals surface area (Å²) in [6, 6.07) is 9.16. The zero-order valence-electron chi connectivity index (χ0n) is 12.0. The molecule has 6 nitrogen and oxygen atoms in total. The molecule has 0 spiro atoms. The Labute approximate surface area is 123 Å². The van der Waals surface area contributed by atoms with E-state index < -0.39 is 0 Å². The maximum absolute atomic E-state index is 12.2. The Morgan fingerprint density at radius 2 is 2.10 bits per heavy atom. The van der Waals surface area contributed by atoms with E-state index in [9.17, 15) is 4.79 Å². The fourth-order valence-corrected chi connectivity index (χ4v) is 1.85. The van der Waals surface area contributed by atoms with Gasteiger partial charge in [-0.15, -0.1) is 0 Å². The molecule has 0 aliphatic heterocycles. The Hall–Kier alpha value is -2.18. The third-order valence-corrected chi connectivity index (χ3v) is 2.86. The largest absolute Gasteiger partial charge is 0.382 e. The van der Waals surface area contributed by atoms with Crippen LogP contribution in [-0.4, -0.2) is 49.2 Å². The maximum Gasteiger partial charge on any atom is 0.253 e. The van der Waals surface area contributed by atoms with Crippen molar-refractivity contribution < 1.29 is 14.3 Å². The fraction of sp³-hybridized carbons (Fsp3) is 0.333. The van der Waals surface area contributed by atoms with Crippen molar-refractivity contribution in [3.8, 4) is 5.69 Å². The molecule has 0 unspecified atom stereocenters. The summed E-state index contributed by atoms with van der Waals surface area (Å²) in [4.78, 5) is 12.2. The van der Waals surface area contributed by atoms with Crippen LogP contribution in [-0.2, 0) is 9.47 Å². The first-order valence-electron chi connectivity index (χ1n) is 6.77. The molecule has 21 heavy (non-hydrogen) atoms. The van der Waals surface area contributed by atoms with Crippen LogP contribution in [0, 0.1) is 0 Å². The molecule has 0 aliphatic carbocycles. The molecule has 112 valence electrons. The lowest BCUT2D eigenvalue weighted by Crippen LogP contribution is -2.28. The predicted octanol–water partition coefficient (Wildman–Crippen LogP) is 1.27. The summed E-state index contributed by atoms with van der Waals surface area (Å²) in [7, 11) is 1.62. The SMILES string of the molecule is COCCOCCNC(=O)c1ccccc1-n1cccn1. The smallest absolute Gasteiger partial charge is 0.253 e. The molecular formula is C15H19N3O3. The quantitative estimate of drug-likeness (QED) is 0.743. The summed E-state index contributed by atoms with van der Waals surface area (Å²) >= 11 is 0. The van der Waals surface area contributed by atoms with Crippen molar-refractivity contribution in [2.24, 2.45) is 0 Å². The van der Waals surface area contributed by atoms with Crippen LogP contribution < -0.4 is 5.32 Å². The molecule has 2 rings (SSSR count). The number of para-hydroxylation sites is 1. The van der Waals surface area contributed by atoms with Crippen LogP contribution in [0.4, 0.5) is 0 Å². The van der Waals surface area contributed by atoms with Crippen molar-refractivity contribution in [2.45, 2.75) is 0 Å². The molecule has 0 saturated heterocycles. The van der Waals surface area contributed by atoms with Crippen LogP contribution in [0.3, 0.4) is 0 Å². The summed E-state index contributed by atoms with van der Waals surface area (Å²) < 4.78 is 11.9. The number of hydrogen-bond acceptors (Lipinski definition) is 4. The first-order chi connectivity index (χ1) is 10.3. The molecule has 1 heterocycles. The highest BCUT2D eigenvalue weighted by molar-refractivity contribution is 5.97. The number of nitrogens with one attached hydrogen (secondary N) is 1. The molecule has 0 fully saturated rings. The lowest BCUT2D eigenvalue weighted by Gasteiger charge is -2.10. The van der Waals surface area contributed by atoms with Gasteiger partial charge in [0.2, 0.25) is 0 Å². The minimum atomic E-state index is -0.142. The normalized spacial score (nSPS) is 10.5. The molecule has 2 aromatic rings. The number of carbonyl (C=O) groups is 1. The maximum atomic E-state index is 12.2. The van der Waals surface area contributed by atoms with Crippen LogP contribution in [0.5, 0.6) is 0 Å². The van der Waals surface area contributed by atoms with E-state index in [1.165, 1.54) is 0 Å². The molecule has 1 aromatic carbocycles. The standard InChI is InChI=1S/C15H19N3O3/c1-20-11-12-21-10-8-16-15(19)13-5-2-3-6-14(13)18-9-4-7-17-18/h2-7,9H,8,10-12H2,1H3,(H,16,19). The van der Waals surface area contributed by atoms with E-state index in [0.29, 0.717) is 31.9 Å². The number of carbonyl (C=O) groups excluding carboxylic acids is 1. The van der Waals surface area contributed by atoms with Gasteiger partial charge >= 0.3 is 0 Å². The van der Waals surface area contributed by atoms with Crippen LogP contribution in [0.15, 0.2) is 42.7 Å². The molecule has 1 N–H and O–H groups in total. The van der Waals surface area contributed by atoms with E-state index in [1.807, 2.05) is 24.3 Å². The van der Waals surface area contributed by atoms with Crippen molar-refractivity contribution in [3.05, 3.63) is 48.3 Å². The van der Waals surface area contributed by atoms with Gasteiger partial charge in [-0.2, -0.15) is 5.10 Å². The first-order valence-corrected chi connectivity index (χ1v) is 6.77. The lowest BCUT2D eigenvalue weighted by atomic mass is 10.1. The number of methoxy groups -OCH3 is 1. The molecule has 1 amide bonds. The Balaban J connectivity index is 1.91. The second kappa shape index (κ2) is 8.18. The van der Waals surface area contributed by atoms with Crippen LogP contribution >= 0.6 is 0 Å². The Kier molecular flexibility index (Phi) is 5.93. The van der Waals surface area contributed by atoms with Gasteiger partial charge in [-0.25, -0.2) is 4.68 Å². The van der Waals surface area contributed by atoms with Crippen molar-refractivity contribution >= 4 is 5.91 Å². The summed E-state index contributed by atoms with van der Waals surface area (Å²) in [5, 5.41) is 6.99. The third-order valence-electron chi connectivity index (χ3n) is 2.86. The van der Waals surface area contributed by atoms with E-state index in [1.54, 1.807) is 30.3 Å². The number of ether oxygens (including phenoxy) is 2. The highest BCUT2D eigenvalue weighted by atomic mass is 16.5. The number of hydrogen-bond donors (Lipinski definition) is 1. The average Bonchev–Trinajstić information content (AvgIpc) is 3.05. The van der Waals surface area contributed by atoms with Gasteiger partial charge in [0.25, 0.3) is 5.91 Å². The van der Waals surface area contributed by atoms with Crippen molar-refractivity contribution in [1.82, 2.24) is 15.1 Å². The Morgan fingerprint density at radius 1 is 1.24 bits per heavy atom. The highest BCUT2D eigenvalue weighted by Crippen LogP contribution is 2.13. The summed E-state index contributed by atoms with van der Waals surface area (Å²) in [5.74, 6) is -0.142. The van der Waals surface area contributed by atoms with Gasteiger partial charge in [0.1, 0.15) is 0 Å². The van der Waals surface area contributed by atoms with E-state index in [0.717, 1.165) is 5.69 Å². The predicted molar refractivity (Wildman–Crippen MR) is 78.6 cm³/mol. The Morgan fingerprint density at radius 3 is 2.86 bits per heavy atom. The second-order valence-electron chi connectivity index (χ2n) is 4.33. The number of aromatic nitrogens is 2. The minimum absolute atomic E-state index is 0.142. The molecular weight excluding hydrogens is 270 g/mol. The molecule has 1 aromatic heterocycles. The van der Waals surface area contributed by atoms with Crippen LogP contribution in [0.25, 0.3) is 5.69 Å². The van der Waals surface area contributed by atoms with Gasteiger partial charge in [-0.3, -0.25) is 4.79 Å². The molecule has 0 bridgehead atoms. The van der Waals surface area contributed by atoms with E-state index in [2.05, 4.69) is 10.4 Å². The molecule has 0 saturated carbocycles. The molecule has 6 heteroatoms. The van der Waals surface area contributed by atoms with Crippen molar-refractivity contribution in [3.63, 3.8) is 0 Å². The average molecular weight is 289 g/mol. The number of benzene rings is 1. The summed E-state index contributed by atoms with van der Waals surface area (Å²) in [6.45, 7) is 1.99. The topological polar surface area (TPSA) is 65.4 Å². The van der Waals surface area contributed by atoms with Gasteiger partial charge in [0.05, 0.1) is 31.1 Å². The van der Waals surface area contributed by atoms with Gasteiger partial charge in [-0.05, 0) is 18.2 Å². The van der Waals surface area contributed by atoms with Gasteiger partial charge < -0.3 is 14.8 Å². The summed E-state index contributed by atoms with van der Waals surface area (Å²) in [6.07, 6.45) is 3.48. The number of rotatable bonds is 8. The third kappa shape index (κ3) is 4.40. The van der Waals surface area contributed by atoms with Gasteiger partial charge in [0.15, 0.2) is 0 Å².